The van der Waals surface area contributed by atoms with Crippen molar-refractivity contribution in [3.8, 4) is 16.3 Å². The predicted octanol–water partition coefficient (Wildman–Crippen LogP) is 6.63. The molecule has 0 saturated carbocycles. The summed E-state index contributed by atoms with van der Waals surface area (Å²) < 4.78 is 45.0. The highest BCUT2D eigenvalue weighted by Crippen LogP contribution is 2.35. The lowest BCUT2D eigenvalue weighted by atomic mass is 10.2. The second-order valence-corrected chi connectivity index (χ2v) is 7.59. The van der Waals surface area contributed by atoms with Crippen molar-refractivity contribution < 1.29 is 22.7 Å². The van der Waals surface area contributed by atoms with Crippen LogP contribution in [0.3, 0.4) is 0 Å². The molecule has 5 nitrogen and oxygen atoms in total. The summed E-state index contributed by atoms with van der Waals surface area (Å²) in [7, 11) is 1.31. The maximum atomic E-state index is 13.0. The van der Waals surface area contributed by atoms with E-state index in [1.54, 1.807) is 23.5 Å². The van der Waals surface area contributed by atoms with Crippen molar-refractivity contribution in [2.45, 2.75) is 6.18 Å². The van der Waals surface area contributed by atoms with Crippen LogP contribution in [0.1, 0.15) is 5.56 Å². The van der Waals surface area contributed by atoms with E-state index in [0.717, 1.165) is 39.0 Å². The van der Waals surface area contributed by atoms with Crippen LogP contribution in [0.15, 0.2) is 66.7 Å². The number of hydrogen-bond acceptors (Lipinski definition) is 4. The molecule has 0 spiro atoms. The van der Waals surface area contributed by atoms with Crippen LogP contribution in [0, 0.1) is 0 Å². The van der Waals surface area contributed by atoms with E-state index in [0.29, 0.717) is 5.69 Å². The molecule has 9 heteroatoms. The molecule has 0 atom stereocenters. The number of urea groups is 1. The molecule has 158 valence electrons. The third-order valence-electron chi connectivity index (χ3n) is 4.46. The Hall–Kier alpha value is -3.59. The van der Waals surface area contributed by atoms with Crippen LogP contribution < -0.4 is 15.4 Å². The summed E-state index contributed by atoms with van der Waals surface area (Å²) >= 11 is 1.56. The SMILES string of the molecule is COc1ccc(C(F)(F)F)cc1NC(=O)Nc1ccc(-c2nc3ccccc3s2)cc1. The smallest absolute Gasteiger partial charge is 0.416 e. The van der Waals surface area contributed by atoms with Gasteiger partial charge in [0.2, 0.25) is 0 Å². The van der Waals surface area contributed by atoms with Crippen molar-refractivity contribution in [3.63, 3.8) is 0 Å². The molecule has 1 heterocycles. The first-order valence-corrected chi connectivity index (χ1v) is 9.94. The van der Waals surface area contributed by atoms with Crippen molar-refractivity contribution in [3.05, 3.63) is 72.3 Å². The number of rotatable bonds is 4. The number of benzene rings is 3. The third-order valence-corrected chi connectivity index (χ3v) is 5.54. The number of anilines is 2. The van der Waals surface area contributed by atoms with Crippen molar-refractivity contribution in [1.29, 1.82) is 0 Å². The van der Waals surface area contributed by atoms with Crippen molar-refractivity contribution in [2.24, 2.45) is 0 Å². The normalized spacial score (nSPS) is 11.4. The van der Waals surface area contributed by atoms with Gasteiger partial charge in [-0.1, -0.05) is 12.1 Å². The van der Waals surface area contributed by atoms with Crippen LogP contribution in [0.2, 0.25) is 0 Å². The number of carbonyl (C=O) groups excluding carboxylic acids is 1. The fourth-order valence-corrected chi connectivity index (χ4v) is 3.93. The maximum Gasteiger partial charge on any atom is 0.416 e. The molecule has 3 aromatic carbocycles. The molecule has 0 aliphatic heterocycles. The minimum Gasteiger partial charge on any atom is -0.495 e. The summed E-state index contributed by atoms with van der Waals surface area (Å²) in [5.41, 5.74) is 1.32. The fourth-order valence-electron chi connectivity index (χ4n) is 2.96. The molecule has 4 aromatic rings. The zero-order valence-electron chi connectivity index (χ0n) is 16.2. The summed E-state index contributed by atoms with van der Waals surface area (Å²) in [4.78, 5) is 16.9. The van der Waals surface area contributed by atoms with Crippen molar-refractivity contribution >= 4 is 39.0 Å². The summed E-state index contributed by atoms with van der Waals surface area (Å²) in [5.74, 6) is 0.120. The predicted molar refractivity (Wildman–Crippen MR) is 116 cm³/mol. The van der Waals surface area contributed by atoms with E-state index in [-0.39, 0.29) is 11.4 Å². The van der Waals surface area contributed by atoms with Gasteiger partial charge >= 0.3 is 12.2 Å². The topological polar surface area (TPSA) is 63.2 Å². The number of ether oxygens (including phenoxy) is 1. The lowest BCUT2D eigenvalue weighted by molar-refractivity contribution is -0.137. The van der Waals surface area contributed by atoms with Crippen LogP contribution in [0.25, 0.3) is 20.8 Å². The number of carbonyl (C=O) groups is 1. The van der Waals surface area contributed by atoms with Gasteiger partial charge in [0.05, 0.1) is 28.6 Å². The first-order chi connectivity index (χ1) is 14.8. The molecular formula is C22H16F3N3O2S. The highest BCUT2D eigenvalue weighted by Gasteiger charge is 2.31. The third kappa shape index (κ3) is 4.61. The quantitative estimate of drug-likeness (QED) is 0.372. The summed E-state index contributed by atoms with van der Waals surface area (Å²) in [6, 6.07) is 17.0. The molecule has 0 aliphatic carbocycles. The van der Waals surface area contributed by atoms with E-state index in [1.165, 1.54) is 7.11 Å². The maximum absolute atomic E-state index is 13.0. The highest BCUT2D eigenvalue weighted by atomic mass is 32.1. The molecule has 2 N–H and O–H groups in total. The van der Waals surface area contributed by atoms with E-state index >= 15 is 0 Å². The zero-order valence-corrected chi connectivity index (χ0v) is 17.0. The Kier molecular flexibility index (Phi) is 5.51. The number of fused-ring (bicyclic) bond motifs is 1. The minimum absolute atomic E-state index is 0.0825. The van der Waals surface area contributed by atoms with Crippen molar-refractivity contribution in [1.82, 2.24) is 4.98 Å². The lowest BCUT2D eigenvalue weighted by Gasteiger charge is -2.14. The lowest BCUT2D eigenvalue weighted by Crippen LogP contribution is -2.20. The fraction of sp³-hybridized carbons (Fsp3) is 0.0909. The molecule has 1 aromatic heterocycles. The van der Waals surface area contributed by atoms with Gasteiger partial charge in [0.1, 0.15) is 10.8 Å². The average molecular weight is 443 g/mol. The van der Waals surface area contributed by atoms with Crippen LogP contribution in [-0.4, -0.2) is 18.1 Å². The Morgan fingerprint density at radius 3 is 2.42 bits per heavy atom. The molecular weight excluding hydrogens is 427 g/mol. The Balaban J connectivity index is 1.48. The Morgan fingerprint density at radius 2 is 1.74 bits per heavy atom. The molecule has 2 amide bonds. The molecule has 0 fully saturated rings. The number of halogens is 3. The number of nitrogens with one attached hydrogen (secondary N) is 2. The monoisotopic (exact) mass is 443 g/mol. The molecule has 0 radical (unpaired) electrons. The van der Waals surface area contributed by atoms with E-state index in [2.05, 4.69) is 15.6 Å². The second kappa shape index (κ2) is 8.27. The molecule has 0 aliphatic rings. The van der Waals surface area contributed by atoms with Crippen LogP contribution >= 0.6 is 11.3 Å². The summed E-state index contributed by atoms with van der Waals surface area (Å²) in [5, 5.41) is 5.86. The number of aromatic nitrogens is 1. The van der Waals surface area contributed by atoms with Gasteiger partial charge in [-0.05, 0) is 54.6 Å². The van der Waals surface area contributed by atoms with Gasteiger partial charge in [0.25, 0.3) is 0 Å². The Bertz CT molecular complexity index is 1200. The number of alkyl halides is 3. The van der Waals surface area contributed by atoms with Crippen molar-refractivity contribution in [2.75, 3.05) is 17.7 Å². The first kappa shape index (κ1) is 20.7. The molecule has 0 bridgehead atoms. The van der Waals surface area contributed by atoms with Gasteiger partial charge in [0.15, 0.2) is 0 Å². The van der Waals surface area contributed by atoms with Gasteiger partial charge in [-0.25, -0.2) is 9.78 Å². The van der Waals surface area contributed by atoms with E-state index in [9.17, 15) is 18.0 Å². The molecule has 4 rings (SSSR count). The largest absolute Gasteiger partial charge is 0.495 e. The van der Waals surface area contributed by atoms with Crippen LogP contribution in [-0.2, 0) is 6.18 Å². The van der Waals surface area contributed by atoms with Gasteiger partial charge in [-0.3, -0.25) is 0 Å². The Morgan fingerprint density at radius 1 is 1.00 bits per heavy atom. The summed E-state index contributed by atoms with van der Waals surface area (Å²) in [6.45, 7) is 0. The van der Waals surface area contributed by atoms with Crippen LogP contribution in [0.4, 0.5) is 29.3 Å². The number of amides is 2. The highest BCUT2D eigenvalue weighted by molar-refractivity contribution is 7.21. The number of nitrogens with zero attached hydrogens (tertiary/aromatic N) is 1. The van der Waals surface area contributed by atoms with Gasteiger partial charge in [-0.2, -0.15) is 13.2 Å². The first-order valence-electron chi connectivity index (χ1n) is 9.13. The second-order valence-electron chi connectivity index (χ2n) is 6.56. The molecule has 0 unspecified atom stereocenters. The standard InChI is InChI=1S/C22H16F3N3O2S/c1-30-18-11-8-14(22(23,24)25)12-17(18)28-21(29)26-15-9-6-13(7-10-15)20-27-16-4-2-3-5-19(16)31-20/h2-12H,1H3,(H2,26,28,29). The zero-order chi connectivity index (χ0) is 22.0. The number of thiazole rings is 1. The van der Waals surface area contributed by atoms with E-state index < -0.39 is 17.8 Å². The summed E-state index contributed by atoms with van der Waals surface area (Å²) in [6.07, 6.45) is -4.53. The minimum atomic E-state index is -4.53. The van der Waals surface area contributed by atoms with Gasteiger partial charge in [0, 0.05) is 11.3 Å². The number of methoxy groups -OCH3 is 1. The number of hydrogen-bond donors (Lipinski definition) is 2. The van der Waals surface area contributed by atoms with Gasteiger partial charge < -0.3 is 15.4 Å². The molecule has 31 heavy (non-hydrogen) atoms. The molecule has 0 saturated heterocycles. The van der Waals surface area contributed by atoms with Crippen LogP contribution in [0.5, 0.6) is 5.75 Å². The number of para-hydroxylation sites is 1. The average Bonchev–Trinajstić information content (AvgIpc) is 3.18. The van der Waals surface area contributed by atoms with E-state index in [1.807, 2.05) is 36.4 Å². The van der Waals surface area contributed by atoms with Gasteiger partial charge in [-0.15, -0.1) is 11.3 Å². The van der Waals surface area contributed by atoms with E-state index in [4.69, 9.17) is 4.74 Å². The Labute approximate surface area is 179 Å².